The van der Waals surface area contributed by atoms with Gasteiger partial charge in [0, 0.05) is 30.5 Å². The maximum absolute atomic E-state index is 12.0. The van der Waals surface area contributed by atoms with Crippen molar-refractivity contribution >= 4 is 16.9 Å². The Kier molecular flexibility index (Phi) is 4.92. The second-order valence-electron chi connectivity index (χ2n) is 7.04. The fraction of sp³-hybridized carbons (Fsp3) is 0.550. The van der Waals surface area contributed by atoms with Crippen molar-refractivity contribution in [2.75, 3.05) is 26.4 Å². The molecule has 1 saturated heterocycles. The molecule has 134 valence electrons. The summed E-state index contributed by atoms with van der Waals surface area (Å²) in [6.45, 7) is 2.28. The molecule has 2 aliphatic rings. The molecule has 1 fully saturated rings. The zero-order valence-electron chi connectivity index (χ0n) is 14.5. The molecule has 1 aliphatic carbocycles. The van der Waals surface area contributed by atoms with E-state index in [9.17, 15) is 4.79 Å². The smallest absolute Gasteiger partial charge is 0.257 e. The fourth-order valence-electron chi connectivity index (χ4n) is 3.76. The Morgan fingerprint density at radius 2 is 2.16 bits per heavy atom. The summed E-state index contributed by atoms with van der Waals surface area (Å²) < 4.78 is 17.1. The van der Waals surface area contributed by atoms with Gasteiger partial charge >= 0.3 is 0 Å². The Balaban J connectivity index is 1.33. The van der Waals surface area contributed by atoms with Crippen LogP contribution in [-0.2, 0) is 22.4 Å². The van der Waals surface area contributed by atoms with Crippen LogP contribution in [0.3, 0.4) is 0 Å². The number of furan rings is 1. The van der Waals surface area contributed by atoms with Crippen molar-refractivity contribution in [2.24, 2.45) is 5.92 Å². The minimum Gasteiger partial charge on any atom is -0.484 e. The highest BCUT2D eigenvalue weighted by Gasteiger charge is 2.18. The van der Waals surface area contributed by atoms with Crippen molar-refractivity contribution in [3.8, 4) is 5.75 Å². The van der Waals surface area contributed by atoms with Gasteiger partial charge in [-0.15, -0.1) is 0 Å². The number of benzene rings is 1. The first kappa shape index (κ1) is 16.5. The molecule has 1 atom stereocenters. The van der Waals surface area contributed by atoms with Crippen LogP contribution in [-0.4, -0.2) is 32.3 Å². The van der Waals surface area contributed by atoms with Gasteiger partial charge in [-0.05, 0) is 56.2 Å². The predicted octanol–water partition coefficient (Wildman–Crippen LogP) is 3.23. The van der Waals surface area contributed by atoms with Crippen LogP contribution in [0.2, 0.25) is 0 Å². The highest BCUT2D eigenvalue weighted by Crippen LogP contribution is 2.33. The number of ether oxygens (including phenoxy) is 2. The molecule has 1 N–H and O–H groups in total. The van der Waals surface area contributed by atoms with Gasteiger partial charge in [0.15, 0.2) is 6.61 Å². The summed E-state index contributed by atoms with van der Waals surface area (Å²) in [6.07, 6.45) is 6.68. The van der Waals surface area contributed by atoms with E-state index in [0.717, 1.165) is 61.4 Å². The molecule has 0 bridgehead atoms. The van der Waals surface area contributed by atoms with E-state index in [1.165, 1.54) is 18.4 Å². The summed E-state index contributed by atoms with van der Waals surface area (Å²) in [5.74, 6) is 2.18. The van der Waals surface area contributed by atoms with Gasteiger partial charge in [0.25, 0.3) is 5.91 Å². The summed E-state index contributed by atoms with van der Waals surface area (Å²) in [4.78, 5) is 12.0. The highest BCUT2D eigenvalue weighted by atomic mass is 16.5. The van der Waals surface area contributed by atoms with Crippen LogP contribution in [0.5, 0.6) is 5.75 Å². The van der Waals surface area contributed by atoms with E-state index in [1.807, 2.05) is 18.2 Å². The van der Waals surface area contributed by atoms with E-state index in [1.54, 1.807) is 0 Å². The first-order valence-electron chi connectivity index (χ1n) is 9.31. The summed E-state index contributed by atoms with van der Waals surface area (Å²) in [5.41, 5.74) is 2.23. The molecular weight excluding hydrogens is 318 g/mol. The molecule has 4 rings (SSSR count). The second kappa shape index (κ2) is 7.48. The second-order valence-corrected chi connectivity index (χ2v) is 7.04. The number of hydrogen-bond donors (Lipinski definition) is 1. The monoisotopic (exact) mass is 343 g/mol. The molecule has 5 heteroatoms. The van der Waals surface area contributed by atoms with Crippen LogP contribution >= 0.6 is 0 Å². The van der Waals surface area contributed by atoms with Crippen LogP contribution < -0.4 is 10.1 Å². The largest absolute Gasteiger partial charge is 0.484 e. The highest BCUT2D eigenvalue weighted by molar-refractivity contribution is 5.84. The summed E-state index contributed by atoms with van der Waals surface area (Å²) >= 11 is 0. The molecule has 0 saturated carbocycles. The maximum Gasteiger partial charge on any atom is 0.257 e. The minimum atomic E-state index is -0.0834. The number of rotatable bonds is 5. The zero-order chi connectivity index (χ0) is 17.1. The van der Waals surface area contributed by atoms with Crippen LogP contribution in [0, 0.1) is 5.92 Å². The van der Waals surface area contributed by atoms with Crippen molar-refractivity contribution in [2.45, 2.75) is 38.5 Å². The third-order valence-corrected chi connectivity index (χ3v) is 5.14. The third-order valence-electron chi connectivity index (χ3n) is 5.14. The number of amides is 1. The molecular formula is C20H25NO4. The molecule has 1 aromatic heterocycles. The van der Waals surface area contributed by atoms with Crippen molar-refractivity contribution in [1.82, 2.24) is 5.32 Å². The van der Waals surface area contributed by atoms with Gasteiger partial charge < -0.3 is 19.2 Å². The summed E-state index contributed by atoms with van der Waals surface area (Å²) in [7, 11) is 0. The average molecular weight is 343 g/mol. The lowest BCUT2D eigenvalue weighted by atomic mass is 9.96. The van der Waals surface area contributed by atoms with Gasteiger partial charge in [0.2, 0.25) is 0 Å². The van der Waals surface area contributed by atoms with Gasteiger partial charge in [0.1, 0.15) is 17.1 Å². The molecule has 5 nitrogen and oxygen atoms in total. The Bertz CT molecular complexity index is 745. The van der Waals surface area contributed by atoms with Crippen molar-refractivity contribution < 1.29 is 18.7 Å². The van der Waals surface area contributed by atoms with Crippen LogP contribution in [0.4, 0.5) is 0 Å². The molecule has 2 heterocycles. The van der Waals surface area contributed by atoms with E-state index >= 15 is 0 Å². The van der Waals surface area contributed by atoms with E-state index in [-0.39, 0.29) is 12.5 Å². The van der Waals surface area contributed by atoms with Crippen LogP contribution in [0.15, 0.2) is 22.6 Å². The lowest BCUT2D eigenvalue weighted by Gasteiger charge is -2.22. The van der Waals surface area contributed by atoms with E-state index in [4.69, 9.17) is 13.9 Å². The Morgan fingerprint density at radius 1 is 1.24 bits per heavy atom. The first-order chi connectivity index (χ1) is 12.3. The van der Waals surface area contributed by atoms with Crippen LogP contribution in [0.25, 0.3) is 11.0 Å². The molecule has 1 aromatic carbocycles. The molecule has 0 radical (unpaired) electrons. The van der Waals surface area contributed by atoms with Crippen molar-refractivity contribution in [1.29, 1.82) is 0 Å². The Labute approximate surface area is 147 Å². The van der Waals surface area contributed by atoms with Crippen molar-refractivity contribution in [3.63, 3.8) is 0 Å². The van der Waals surface area contributed by atoms with E-state index < -0.39 is 0 Å². The van der Waals surface area contributed by atoms with Crippen molar-refractivity contribution in [3.05, 3.63) is 29.5 Å². The van der Waals surface area contributed by atoms with E-state index in [0.29, 0.717) is 12.5 Å². The lowest BCUT2D eigenvalue weighted by molar-refractivity contribution is -0.123. The summed E-state index contributed by atoms with van der Waals surface area (Å²) in [6, 6.07) is 5.82. The minimum absolute atomic E-state index is 0.0408. The zero-order valence-corrected chi connectivity index (χ0v) is 14.5. The van der Waals surface area contributed by atoms with Gasteiger partial charge in [-0.3, -0.25) is 4.79 Å². The predicted molar refractivity (Wildman–Crippen MR) is 94.9 cm³/mol. The number of carbonyl (C=O) groups excluding carboxylic acids is 1. The molecule has 0 unspecified atom stereocenters. The average Bonchev–Trinajstić information content (AvgIpc) is 3.03. The van der Waals surface area contributed by atoms with E-state index in [2.05, 4.69) is 5.32 Å². The normalized spacial score (nSPS) is 20.2. The van der Waals surface area contributed by atoms with Gasteiger partial charge in [-0.1, -0.05) is 0 Å². The number of nitrogens with one attached hydrogen (secondary N) is 1. The third kappa shape index (κ3) is 3.82. The molecule has 25 heavy (non-hydrogen) atoms. The number of hydrogen-bond acceptors (Lipinski definition) is 4. The van der Waals surface area contributed by atoms with Gasteiger partial charge in [-0.2, -0.15) is 0 Å². The summed E-state index contributed by atoms with van der Waals surface area (Å²) in [5, 5.41) is 4.07. The topological polar surface area (TPSA) is 60.7 Å². The SMILES string of the molecule is O=C(COc1ccc2oc3c(c2c1)CCCC3)NC[C@@H]1CCCOC1. The molecule has 0 spiro atoms. The fourth-order valence-corrected chi connectivity index (χ4v) is 3.76. The maximum atomic E-state index is 12.0. The Morgan fingerprint density at radius 3 is 3.04 bits per heavy atom. The standard InChI is InChI=1S/C20H25NO4/c22-20(21-11-14-4-3-9-23-12-14)13-24-15-7-8-19-17(10-15)16-5-1-2-6-18(16)25-19/h7-8,10,14H,1-6,9,11-13H2,(H,21,22)/t14-/m0/s1. The first-order valence-corrected chi connectivity index (χ1v) is 9.31. The molecule has 1 amide bonds. The Hall–Kier alpha value is -2.01. The lowest BCUT2D eigenvalue weighted by Crippen LogP contribution is -2.35. The van der Waals surface area contributed by atoms with Gasteiger partial charge in [-0.25, -0.2) is 0 Å². The number of fused-ring (bicyclic) bond motifs is 3. The van der Waals surface area contributed by atoms with Crippen LogP contribution in [0.1, 0.15) is 37.0 Å². The molecule has 1 aliphatic heterocycles. The number of carbonyl (C=O) groups is 1. The van der Waals surface area contributed by atoms with Gasteiger partial charge in [0.05, 0.1) is 6.61 Å². The quantitative estimate of drug-likeness (QED) is 0.905. The molecule has 2 aromatic rings. The number of aryl methyl sites for hydroxylation is 2.